The predicted molar refractivity (Wildman–Crippen MR) is 111 cm³/mol. The molecule has 6 nitrogen and oxygen atoms in total. The Bertz CT molecular complexity index is 860. The lowest BCUT2D eigenvalue weighted by atomic mass is 9.99. The van der Waals surface area contributed by atoms with Crippen LogP contribution in [-0.4, -0.2) is 24.6 Å². The smallest absolute Gasteiger partial charge is 0.330 e. The Morgan fingerprint density at radius 1 is 1.21 bits per heavy atom. The summed E-state index contributed by atoms with van der Waals surface area (Å²) in [7, 11) is 1.42. The van der Waals surface area contributed by atoms with Gasteiger partial charge in [-0.1, -0.05) is 36.0 Å². The van der Waals surface area contributed by atoms with Crippen molar-refractivity contribution in [1.82, 2.24) is 0 Å². The van der Waals surface area contributed by atoms with E-state index in [1.807, 2.05) is 51.2 Å². The normalized spacial score (nSPS) is 12.6. The zero-order chi connectivity index (χ0) is 21.3. The fourth-order valence-corrected chi connectivity index (χ4v) is 2.63. The number of methoxy groups -OCH3 is 1. The van der Waals surface area contributed by atoms with E-state index in [2.05, 4.69) is 0 Å². The van der Waals surface area contributed by atoms with Crippen molar-refractivity contribution in [2.24, 2.45) is 0 Å². The van der Waals surface area contributed by atoms with E-state index in [0.717, 1.165) is 22.3 Å². The molecule has 0 spiro atoms. The molecule has 1 rings (SSSR count). The van der Waals surface area contributed by atoms with Gasteiger partial charge < -0.3 is 9.47 Å². The molecule has 6 heteroatoms. The number of carbonyl (C=O) groups is 1. The van der Waals surface area contributed by atoms with E-state index in [1.54, 1.807) is 19.9 Å². The molecule has 1 aromatic rings. The third kappa shape index (κ3) is 6.54. The number of nitrogens with zero attached hydrogens (tertiary/aromatic N) is 1. The third-order valence-corrected chi connectivity index (χ3v) is 4.03. The molecule has 0 amide bonds. The number of allylic oxidation sites excluding steroid dienone is 6. The van der Waals surface area contributed by atoms with E-state index in [-0.39, 0.29) is 17.4 Å². The molecule has 0 aliphatic carbocycles. The highest BCUT2D eigenvalue weighted by Gasteiger charge is 2.21. The molecule has 0 aliphatic heterocycles. The van der Waals surface area contributed by atoms with Crippen molar-refractivity contribution in [1.29, 1.82) is 0 Å². The van der Waals surface area contributed by atoms with Gasteiger partial charge in [0.25, 0.3) is 0 Å². The number of benzene rings is 1. The van der Waals surface area contributed by atoms with Crippen LogP contribution < -0.4 is 4.74 Å². The maximum absolute atomic E-state index is 11.4. The summed E-state index contributed by atoms with van der Waals surface area (Å²) in [6, 6.07) is 1.67. The van der Waals surface area contributed by atoms with E-state index in [9.17, 15) is 14.9 Å². The lowest BCUT2D eigenvalue weighted by Gasteiger charge is -2.10. The lowest BCUT2D eigenvalue weighted by Crippen LogP contribution is -2.00. The van der Waals surface area contributed by atoms with Crippen molar-refractivity contribution in [2.75, 3.05) is 13.7 Å². The van der Waals surface area contributed by atoms with Crippen LogP contribution in [0.1, 0.15) is 37.5 Å². The molecular formula is C22H27NO5. The third-order valence-electron chi connectivity index (χ3n) is 4.03. The number of nitro groups is 1. The molecule has 0 aromatic heterocycles. The summed E-state index contributed by atoms with van der Waals surface area (Å²) in [5.74, 6) is -0.103. The summed E-state index contributed by atoms with van der Waals surface area (Å²) < 4.78 is 10.0. The van der Waals surface area contributed by atoms with E-state index in [4.69, 9.17) is 9.47 Å². The first-order chi connectivity index (χ1) is 13.2. The molecule has 150 valence electrons. The highest BCUT2D eigenvalue weighted by Crippen LogP contribution is 2.35. The molecule has 0 unspecified atom stereocenters. The van der Waals surface area contributed by atoms with Gasteiger partial charge in [0, 0.05) is 11.6 Å². The molecule has 0 saturated heterocycles. The zero-order valence-electron chi connectivity index (χ0n) is 17.2. The van der Waals surface area contributed by atoms with Gasteiger partial charge in [0.2, 0.25) is 0 Å². The fraction of sp³-hybridized carbons (Fsp3) is 0.318. The van der Waals surface area contributed by atoms with Crippen molar-refractivity contribution in [3.8, 4) is 5.75 Å². The summed E-state index contributed by atoms with van der Waals surface area (Å²) in [6.45, 7) is 9.45. The van der Waals surface area contributed by atoms with Crippen LogP contribution >= 0.6 is 0 Å². The molecule has 0 heterocycles. The van der Waals surface area contributed by atoms with Crippen molar-refractivity contribution in [2.45, 2.75) is 34.6 Å². The maximum Gasteiger partial charge on any atom is 0.330 e. The van der Waals surface area contributed by atoms with Crippen molar-refractivity contribution < 1.29 is 19.2 Å². The first-order valence-electron chi connectivity index (χ1n) is 8.91. The summed E-state index contributed by atoms with van der Waals surface area (Å²) in [5, 5.41) is 11.4. The van der Waals surface area contributed by atoms with Crippen LogP contribution in [0.5, 0.6) is 5.75 Å². The molecule has 1 aromatic carbocycles. The molecule has 0 N–H and O–H groups in total. The number of ether oxygens (including phenoxy) is 2. The molecule has 0 bridgehead atoms. The van der Waals surface area contributed by atoms with Crippen LogP contribution in [0.4, 0.5) is 5.69 Å². The van der Waals surface area contributed by atoms with E-state index in [0.29, 0.717) is 12.2 Å². The topological polar surface area (TPSA) is 78.7 Å². The van der Waals surface area contributed by atoms with Gasteiger partial charge in [0.1, 0.15) is 0 Å². The van der Waals surface area contributed by atoms with Crippen molar-refractivity contribution in [3.63, 3.8) is 0 Å². The molecule has 0 radical (unpaired) electrons. The van der Waals surface area contributed by atoms with Gasteiger partial charge in [-0.3, -0.25) is 10.1 Å². The fourth-order valence-electron chi connectivity index (χ4n) is 2.63. The first-order valence-corrected chi connectivity index (χ1v) is 8.91. The van der Waals surface area contributed by atoms with Gasteiger partial charge in [-0.2, -0.15) is 0 Å². The molecule has 0 fully saturated rings. The Morgan fingerprint density at radius 2 is 1.89 bits per heavy atom. The first kappa shape index (κ1) is 22.9. The second-order valence-electron chi connectivity index (χ2n) is 6.28. The lowest BCUT2D eigenvalue weighted by molar-refractivity contribution is -0.386. The minimum atomic E-state index is -0.422. The van der Waals surface area contributed by atoms with Crippen molar-refractivity contribution >= 4 is 17.7 Å². The number of esters is 1. The van der Waals surface area contributed by atoms with Gasteiger partial charge in [-0.05, 0) is 57.4 Å². The average molecular weight is 385 g/mol. The molecule has 0 atom stereocenters. The van der Waals surface area contributed by atoms with E-state index < -0.39 is 4.92 Å². The van der Waals surface area contributed by atoms with Gasteiger partial charge in [-0.15, -0.1) is 0 Å². The van der Waals surface area contributed by atoms with Crippen LogP contribution in [0, 0.1) is 24.0 Å². The number of carbonyl (C=O) groups excluding carboxylic acids is 1. The van der Waals surface area contributed by atoms with Crippen molar-refractivity contribution in [3.05, 3.63) is 74.4 Å². The number of rotatable bonds is 8. The second kappa shape index (κ2) is 10.9. The highest BCUT2D eigenvalue weighted by atomic mass is 16.6. The Hall–Kier alpha value is -3.15. The number of hydrogen-bond donors (Lipinski definition) is 0. The quantitative estimate of drug-likeness (QED) is 0.201. The SMILES string of the molecule is CCOC(=O)C=C(C)C=CC=C(C)C=Cc1c(C)cc(OC)c([N+](=O)[O-])c1C. The van der Waals surface area contributed by atoms with Gasteiger partial charge in [-0.25, -0.2) is 4.79 Å². The second-order valence-corrected chi connectivity index (χ2v) is 6.28. The molecule has 0 saturated carbocycles. The van der Waals surface area contributed by atoms with Crippen LogP contribution in [0.2, 0.25) is 0 Å². The van der Waals surface area contributed by atoms with E-state index >= 15 is 0 Å². The van der Waals surface area contributed by atoms with Crippen LogP contribution in [0.15, 0.2) is 47.6 Å². The van der Waals surface area contributed by atoms with E-state index in [1.165, 1.54) is 13.2 Å². The summed E-state index contributed by atoms with van der Waals surface area (Å²) in [4.78, 5) is 22.3. The highest BCUT2D eigenvalue weighted by molar-refractivity contribution is 5.83. The summed E-state index contributed by atoms with van der Waals surface area (Å²) >= 11 is 0. The van der Waals surface area contributed by atoms with Crippen LogP contribution in [-0.2, 0) is 9.53 Å². The minimum Gasteiger partial charge on any atom is -0.490 e. The average Bonchev–Trinajstić information content (AvgIpc) is 2.60. The van der Waals surface area contributed by atoms with Crippen LogP contribution in [0.25, 0.3) is 6.08 Å². The van der Waals surface area contributed by atoms with Crippen LogP contribution in [0.3, 0.4) is 0 Å². The minimum absolute atomic E-state index is 0.0194. The Labute approximate surface area is 166 Å². The monoisotopic (exact) mass is 385 g/mol. The zero-order valence-corrected chi connectivity index (χ0v) is 17.2. The molecule has 0 aliphatic rings. The largest absolute Gasteiger partial charge is 0.490 e. The molecular weight excluding hydrogens is 358 g/mol. The van der Waals surface area contributed by atoms with Gasteiger partial charge in [0.15, 0.2) is 5.75 Å². The van der Waals surface area contributed by atoms with Gasteiger partial charge in [0.05, 0.1) is 18.6 Å². The predicted octanol–water partition coefficient (Wildman–Crippen LogP) is 5.25. The number of aryl methyl sites for hydroxylation is 1. The Balaban J connectivity index is 3.04. The Kier molecular flexibility index (Phi) is 8.88. The number of nitro benzene ring substituents is 1. The summed E-state index contributed by atoms with van der Waals surface area (Å²) in [6.07, 6.45) is 10.7. The number of hydrogen-bond acceptors (Lipinski definition) is 5. The Morgan fingerprint density at radius 3 is 2.46 bits per heavy atom. The maximum atomic E-state index is 11.4. The molecule has 28 heavy (non-hydrogen) atoms. The standard InChI is InChI=1S/C22H27NO5/c1-7-28-21(24)13-16(3)10-8-9-15(2)11-12-19-17(4)14-20(27-6)22(18(19)5)23(25)26/h8-14H,7H2,1-6H3. The van der Waals surface area contributed by atoms with Gasteiger partial charge >= 0.3 is 11.7 Å². The summed E-state index contributed by atoms with van der Waals surface area (Å²) in [5.41, 5.74) is 3.97.